The summed E-state index contributed by atoms with van der Waals surface area (Å²) in [5, 5.41) is 1.74. The topological polar surface area (TPSA) is 83.0 Å². The second kappa shape index (κ2) is 8.37. The molecule has 0 saturated heterocycles. The summed E-state index contributed by atoms with van der Waals surface area (Å²) < 4.78 is 8.05. The van der Waals surface area contributed by atoms with Crippen LogP contribution in [0.15, 0.2) is 71.1 Å². The van der Waals surface area contributed by atoms with Crippen molar-refractivity contribution in [3.8, 4) is 16.8 Å². The monoisotopic (exact) mass is 456 g/mol. The first-order chi connectivity index (χ1) is 15.4. The lowest BCUT2D eigenvalue weighted by Gasteiger charge is -2.20. The standard InChI is InChI=1S/C27H26N4O.H2S/c1-27(2,3)26-30-22-14-18(9-11-23(22)31(26)19-7-5-4-6-8-19)17-10-12-24-20(13-17)21(15-28)25(16-29)32-24;/h4-16H,28-29H2,1-3H3;1H2/b21-15-,25-16+;. The molecule has 0 radical (unpaired) electrons. The van der Waals surface area contributed by atoms with Gasteiger partial charge in [-0.05, 0) is 47.5 Å². The molecule has 0 spiro atoms. The summed E-state index contributed by atoms with van der Waals surface area (Å²) >= 11 is 0. The van der Waals surface area contributed by atoms with Crippen LogP contribution in [0.5, 0.6) is 0 Å². The molecule has 0 fully saturated rings. The number of furan rings is 1. The Hall–Kier alpha value is -3.64. The fraction of sp³-hybridized carbons (Fsp3) is 0.148. The average molecular weight is 457 g/mol. The zero-order valence-electron chi connectivity index (χ0n) is 19.0. The van der Waals surface area contributed by atoms with E-state index in [9.17, 15) is 0 Å². The van der Waals surface area contributed by atoms with Gasteiger partial charge in [0.2, 0.25) is 0 Å². The van der Waals surface area contributed by atoms with Crippen molar-refractivity contribution in [3.05, 3.63) is 83.2 Å². The van der Waals surface area contributed by atoms with Gasteiger partial charge in [-0.1, -0.05) is 51.1 Å². The van der Waals surface area contributed by atoms with E-state index in [2.05, 4.69) is 73.9 Å². The highest BCUT2D eigenvalue weighted by Gasteiger charge is 2.24. The lowest BCUT2D eigenvalue weighted by molar-refractivity contribution is 0.539. The number of hydrogen-bond acceptors (Lipinski definition) is 4. The summed E-state index contributed by atoms with van der Waals surface area (Å²) in [6.07, 6.45) is 2.98. The van der Waals surface area contributed by atoms with Crippen LogP contribution in [0.2, 0.25) is 0 Å². The van der Waals surface area contributed by atoms with Crippen molar-refractivity contribution in [2.24, 2.45) is 11.5 Å². The van der Waals surface area contributed by atoms with Gasteiger partial charge in [-0.25, -0.2) is 4.98 Å². The van der Waals surface area contributed by atoms with Crippen LogP contribution in [0.3, 0.4) is 0 Å². The number of rotatable bonds is 2. The number of imidazole rings is 1. The summed E-state index contributed by atoms with van der Waals surface area (Å²) in [4.78, 5) is 5.06. The zero-order valence-corrected chi connectivity index (χ0v) is 20.0. The van der Waals surface area contributed by atoms with Gasteiger partial charge in [0.25, 0.3) is 0 Å². The van der Waals surface area contributed by atoms with E-state index in [1.807, 2.05) is 18.2 Å². The summed E-state index contributed by atoms with van der Waals surface area (Å²) in [5.41, 5.74) is 18.1. The maximum Gasteiger partial charge on any atom is 0.152 e. The molecule has 5 aromatic rings. The highest BCUT2D eigenvalue weighted by molar-refractivity contribution is 7.59. The third-order valence-corrected chi connectivity index (χ3v) is 5.75. The molecule has 0 amide bonds. The van der Waals surface area contributed by atoms with E-state index in [0.717, 1.165) is 49.9 Å². The van der Waals surface area contributed by atoms with E-state index < -0.39 is 0 Å². The molecule has 2 aromatic heterocycles. The van der Waals surface area contributed by atoms with Gasteiger partial charge < -0.3 is 15.9 Å². The van der Waals surface area contributed by atoms with Gasteiger partial charge in [-0.3, -0.25) is 4.57 Å². The Balaban J connectivity index is 0.00000259. The first-order valence-corrected chi connectivity index (χ1v) is 10.7. The SMILES string of the molecule is CC(C)(C)c1nc2cc(-c3ccc4oc(=C/N)/c(=C\N)c4c3)ccc2n1-c1ccccc1.S. The van der Waals surface area contributed by atoms with Gasteiger partial charge in [0.15, 0.2) is 5.42 Å². The lowest BCUT2D eigenvalue weighted by Crippen LogP contribution is -2.23. The Labute approximate surface area is 199 Å². The summed E-state index contributed by atoms with van der Waals surface area (Å²) in [6.45, 7) is 6.58. The normalized spacial score (nSPS) is 13.1. The van der Waals surface area contributed by atoms with E-state index >= 15 is 0 Å². The van der Waals surface area contributed by atoms with E-state index in [-0.39, 0.29) is 18.9 Å². The van der Waals surface area contributed by atoms with Crippen molar-refractivity contribution in [2.75, 3.05) is 0 Å². The van der Waals surface area contributed by atoms with Gasteiger partial charge in [0, 0.05) is 34.1 Å². The number of benzene rings is 3. The first-order valence-electron chi connectivity index (χ1n) is 10.7. The molecule has 0 aliphatic carbocycles. The number of hydrogen-bond donors (Lipinski definition) is 2. The summed E-state index contributed by atoms with van der Waals surface area (Å²) in [5.74, 6) is 1.03. The minimum atomic E-state index is -0.105. The molecule has 6 heteroatoms. The van der Waals surface area contributed by atoms with E-state index in [4.69, 9.17) is 20.9 Å². The fourth-order valence-electron chi connectivity index (χ4n) is 4.21. The number of nitrogens with zero attached hydrogens (tertiary/aromatic N) is 2. The van der Waals surface area contributed by atoms with Gasteiger partial charge in [-0.2, -0.15) is 13.5 Å². The van der Waals surface area contributed by atoms with Crippen molar-refractivity contribution in [2.45, 2.75) is 26.2 Å². The Morgan fingerprint density at radius 2 is 1.58 bits per heavy atom. The van der Waals surface area contributed by atoms with Crippen molar-refractivity contribution >= 4 is 47.9 Å². The summed E-state index contributed by atoms with van der Waals surface area (Å²) in [6, 6.07) is 22.9. The lowest BCUT2D eigenvalue weighted by atomic mass is 9.95. The molecule has 4 N–H and O–H groups in total. The first kappa shape index (κ1) is 22.6. The summed E-state index contributed by atoms with van der Waals surface area (Å²) in [7, 11) is 0. The molecule has 0 aliphatic rings. The maximum absolute atomic E-state index is 5.84. The number of para-hydroxylation sites is 1. The molecule has 168 valence electrons. The third kappa shape index (κ3) is 3.76. The predicted molar refractivity (Wildman–Crippen MR) is 142 cm³/mol. The molecule has 0 saturated carbocycles. The van der Waals surface area contributed by atoms with Crippen LogP contribution >= 0.6 is 13.5 Å². The number of fused-ring (bicyclic) bond motifs is 2. The minimum absolute atomic E-state index is 0. The molecular formula is C27H28N4OS. The molecule has 2 heterocycles. The Bertz CT molecular complexity index is 1570. The van der Waals surface area contributed by atoms with Crippen molar-refractivity contribution in [1.29, 1.82) is 0 Å². The van der Waals surface area contributed by atoms with E-state index in [1.165, 1.54) is 12.4 Å². The highest BCUT2D eigenvalue weighted by Crippen LogP contribution is 2.32. The second-order valence-electron chi connectivity index (χ2n) is 8.98. The van der Waals surface area contributed by atoms with Crippen LogP contribution < -0.4 is 22.1 Å². The van der Waals surface area contributed by atoms with Gasteiger partial charge in [0.1, 0.15) is 11.4 Å². The number of nitrogens with two attached hydrogens (primary N) is 2. The van der Waals surface area contributed by atoms with E-state index in [0.29, 0.717) is 5.42 Å². The zero-order chi connectivity index (χ0) is 22.5. The quantitative estimate of drug-likeness (QED) is 0.416. The molecule has 0 bridgehead atoms. The van der Waals surface area contributed by atoms with Crippen molar-refractivity contribution in [3.63, 3.8) is 0 Å². The predicted octanol–water partition coefficient (Wildman–Crippen LogP) is 4.24. The van der Waals surface area contributed by atoms with Crippen LogP contribution in [0, 0.1) is 0 Å². The third-order valence-electron chi connectivity index (χ3n) is 5.75. The molecular weight excluding hydrogens is 428 g/mol. The maximum atomic E-state index is 5.84. The van der Waals surface area contributed by atoms with Crippen LogP contribution in [-0.2, 0) is 5.41 Å². The largest absolute Gasteiger partial charge is 0.454 e. The molecule has 0 unspecified atom stereocenters. The Morgan fingerprint density at radius 3 is 2.24 bits per heavy atom. The van der Waals surface area contributed by atoms with E-state index in [1.54, 1.807) is 0 Å². The van der Waals surface area contributed by atoms with Gasteiger partial charge in [0.05, 0.1) is 11.0 Å². The van der Waals surface area contributed by atoms with Crippen LogP contribution in [-0.4, -0.2) is 9.55 Å². The smallest absolute Gasteiger partial charge is 0.152 e. The van der Waals surface area contributed by atoms with Crippen molar-refractivity contribution < 1.29 is 4.42 Å². The van der Waals surface area contributed by atoms with Gasteiger partial charge in [-0.15, -0.1) is 0 Å². The average Bonchev–Trinajstić information content (AvgIpc) is 3.36. The molecule has 0 atom stereocenters. The molecule has 3 aromatic carbocycles. The fourth-order valence-corrected chi connectivity index (χ4v) is 4.21. The van der Waals surface area contributed by atoms with Crippen LogP contribution in [0.1, 0.15) is 26.6 Å². The van der Waals surface area contributed by atoms with Crippen molar-refractivity contribution in [1.82, 2.24) is 9.55 Å². The molecule has 5 nitrogen and oxygen atoms in total. The second-order valence-corrected chi connectivity index (χ2v) is 8.98. The minimum Gasteiger partial charge on any atom is -0.454 e. The number of aromatic nitrogens is 2. The van der Waals surface area contributed by atoms with Crippen LogP contribution in [0.4, 0.5) is 0 Å². The molecule has 5 rings (SSSR count). The Kier molecular flexibility index (Phi) is 5.72. The van der Waals surface area contributed by atoms with Gasteiger partial charge >= 0.3 is 0 Å². The van der Waals surface area contributed by atoms with Crippen LogP contribution in [0.25, 0.3) is 51.2 Å². The Morgan fingerprint density at radius 1 is 0.879 bits per heavy atom. The highest BCUT2D eigenvalue weighted by atomic mass is 32.1. The molecule has 33 heavy (non-hydrogen) atoms. The molecule has 0 aliphatic heterocycles.